The van der Waals surface area contributed by atoms with Gasteiger partial charge in [0.25, 0.3) is 0 Å². The van der Waals surface area contributed by atoms with Crippen molar-refractivity contribution in [2.24, 2.45) is 11.5 Å². The number of carboxylic acids is 1. The number of hydrogen-bond acceptors (Lipinski definition) is 4. The number of nitrogens with two attached hydrogens (primary N) is 2. The second kappa shape index (κ2) is 7.36. The van der Waals surface area contributed by atoms with E-state index in [0.29, 0.717) is 12.8 Å². The van der Waals surface area contributed by atoms with Crippen LogP contribution < -0.4 is 16.8 Å². The average molecular weight is 235 g/mol. The van der Waals surface area contributed by atoms with Crippen molar-refractivity contribution in [1.29, 1.82) is 0 Å². The summed E-state index contributed by atoms with van der Waals surface area (Å²) in [5.41, 5.74) is 10.3. The van der Waals surface area contributed by atoms with Gasteiger partial charge in [0.1, 0.15) is 6.04 Å². The van der Waals surface area contributed by atoms with Gasteiger partial charge in [-0.05, 0) is 18.6 Å². The number of carbonyl (C=O) groups is 2. The van der Waals surface area contributed by atoms with E-state index in [1.165, 1.54) is 11.8 Å². The third-order valence-corrected chi connectivity index (χ3v) is 2.82. The molecule has 2 unspecified atom stereocenters. The molecule has 15 heavy (non-hydrogen) atoms. The van der Waals surface area contributed by atoms with E-state index in [2.05, 4.69) is 5.32 Å². The van der Waals surface area contributed by atoms with Gasteiger partial charge < -0.3 is 21.9 Å². The smallest absolute Gasteiger partial charge is 0.320 e. The summed E-state index contributed by atoms with van der Waals surface area (Å²) in [6.45, 7) is 1.94. The molecule has 0 spiro atoms. The molecule has 6 nitrogen and oxygen atoms in total. The van der Waals surface area contributed by atoms with Crippen molar-refractivity contribution < 1.29 is 14.7 Å². The first kappa shape index (κ1) is 14.1. The first-order chi connectivity index (χ1) is 6.97. The minimum absolute atomic E-state index is 0.169. The number of urea groups is 1. The van der Waals surface area contributed by atoms with Crippen molar-refractivity contribution in [3.8, 4) is 0 Å². The number of primary amides is 1. The summed E-state index contributed by atoms with van der Waals surface area (Å²) in [5.74, 6) is -0.220. The van der Waals surface area contributed by atoms with Gasteiger partial charge in [0.05, 0.1) is 5.37 Å². The van der Waals surface area contributed by atoms with Crippen molar-refractivity contribution in [2.45, 2.75) is 31.2 Å². The molecule has 0 aromatic rings. The van der Waals surface area contributed by atoms with E-state index in [1.54, 1.807) is 0 Å². The predicted molar refractivity (Wildman–Crippen MR) is 59.5 cm³/mol. The number of aliphatic carboxylic acids is 1. The Morgan fingerprint density at radius 1 is 1.47 bits per heavy atom. The fourth-order valence-corrected chi connectivity index (χ4v) is 1.92. The summed E-state index contributed by atoms with van der Waals surface area (Å²) in [6.07, 6.45) is 0.808. The van der Waals surface area contributed by atoms with Crippen molar-refractivity contribution in [3.63, 3.8) is 0 Å². The fourth-order valence-electron chi connectivity index (χ4n) is 1.01. The third-order valence-electron chi connectivity index (χ3n) is 1.73. The number of nitrogens with one attached hydrogen (secondary N) is 1. The van der Waals surface area contributed by atoms with E-state index >= 15 is 0 Å². The summed E-state index contributed by atoms with van der Waals surface area (Å²) in [7, 11) is 0. The summed E-state index contributed by atoms with van der Waals surface area (Å²) in [5, 5.41) is 10.9. The molecule has 2 amide bonds. The van der Waals surface area contributed by atoms with Gasteiger partial charge in [0.15, 0.2) is 0 Å². The number of rotatable bonds is 7. The van der Waals surface area contributed by atoms with Crippen molar-refractivity contribution in [2.75, 3.05) is 5.75 Å². The summed E-state index contributed by atoms with van der Waals surface area (Å²) < 4.78 is 0. The largest absolute Gasteiger partial charge is 0.480 e. The topological polar surface area (TPSA) is 118 Å². The lowest BCUT2D eigenvalue weighted by atomic mass is 10.2. The highest BCUT2D eigenvalue weighted by Crippen LogP contribution is 2.14. The minimum Gasteiger partial charge on any atom is -0.480 e. The molecule has 0 radical (unpaired) electrons. The van der Waals surface area contributed by atoms with E-state index in [-0.39, 0.29) is 5.37 Å². The van der Waals surface area contributed by atoms with E-state index in [1.807, 2.05) is 6.92 Å². The van der Waals surface area contributed by atoms with Crippen molar-refractivity contribution >= 4 is 23.8 Å². The quantitative estimate of drug-likeness (QED) is 0.460. The van der Waals surface area contributed by atoms with Gasteiger partial charge in [0, 0.05) is 0 Å². The molecule has 2 atom stereocenters. The van der Waals surface area contributed by atoms with Crippen LogP contribution in [0.25, 0.3) is 0 Å². The highest BCUT2D eigenvalue weighted by molar-refractivity contribution is 7.99. The zero-order valence-corrected chi connectivity index (χ0v) is 9.42. The van der Waals surface area contributed by atoms with Crippen LogP contribution in [-0.2, 0) is 4.79 Å². The Balaban J connectivity index is 3.94. The maximum Gasteiger partial charge on any atom is 0.320 e. The Labute approximate surface area is 92.8 Å². The van der Waals surface area contributed by atoms with Crippen LogP contribution in [0.3, 0.4) is 0 Å². The average Bonchev–Trinajstić information content (AvgIpc) is 2.13. The van der Waals surface area contributed by atoms with Crippen LogP contribution in [0.2, 0.25) is 0 Å². The summed E-state index contributed by atoms with van der Waals surface area (Å²) >= 11 is 1.50. The molecule has 0 heterocycles. The molecule has 0 aromatic carbocycles. The molecule has 0 rings (SSSR count). The molecule has 7 heteroatoms. The van der Waals surface area contributed by atoms with Gasteiger partial charge >= 0.3 is 12.0 Å². The second-order valence-corrected chi connectivity index (χ2v) is 4.45. The number of thioether (sulfide) groups is 1. The van der Waals surface area contributed by atoms with Crippen LogP contribution in [0.5, 0.6) is 0 Å². The highest BCUT2D eigenvalue weighted by Gasteiger charge is 2.16. The maximum atomic E-state index is 10.6. The molecule has 88 valence electrons. The normalized spacial score (nSPS) is 14.3. The van der Waals surface area contributed by atoms with E-state index in [0.717, 1.165) is 5.75 Å². The molecule has 0 fully saturated rings. The Morgan fingerprint density at radius 3 is 2.47 bits per heavy atom. The van der Waals surface area contributed by atoms with Crippen LogP contribution >= 0.6 is 11.8 Å². The monoisotopic (exact) mass is 235 g/mol. The molecule has 0 aliphatic carbocycles. The van der Waals surface area contributed by atoms with Gasteiger partial charge in [-0.3, -0.25) is 4.79 Å². The highest BCUT2D eigenvalue weighted by atomic mass is 32.2. The molecular formula is C8H17N3O3S. The summed E-state index contributed by atoms with van der Waals surface area (Å²) in [6, 6.07) is -1.50. The van der Waals surface area contributed by atoms with E-state index in [9.17, 15) is 9.59 Å². The van der Waals surface area contributed by atoms with Gasteiger partial charge in [0.2, 0.25) is 0 Å². The third kappa shape index (κ3) is 7.03. The number of amides is 2. The Bertz CT molecular complexity index is 225. The zero-order chi connectivity index (χ0) is 11.8. The minimum atomic E-state index is -1.03. The first-order valence-corrected chi connectivity index (χ1v) is 5.68. The molecule has 0 aromatic heterocycles. The van der Waals surface area contributed by atoms with Gasteiger partial charge in [-0.25, -0.2) is 4.79 Å². The number of carbonyl (C=O) groups excluding carboxylic acids is 1. The fraction of sp³-hybridized carbons (Fsp3) is 0.750. The zero-order valence-electron chi connectivity index (χ0n) is 8.60. The standard InChI is InChI=1S/C8H17N3O3S/c1-2-15-6(11-8(10)14)4-3-5(9)7(12)13/h5-6H,2-4,9H2,1H3,(H,12,13)(H3,10,11,14). The molecule has 6 N–H and O–H groups in total. The van der Waals surface area contributed by atoms with Crippen LogP contribution in [0.4, 0.5) is 4.79 Å². The molecular weight excluding hydrogens is 218 g/mol. The lowest BCUT2D eigenvalue weighted by molar-refractivity contribution is -0.138. The Hall–Kier alpha value is -0.950. The second-order valence-electron chi connectivity index (χ2n) is 2.97. The van der Waals surface area contributed by atoms with Crippen molar-refractivity contribution in [3.05, 3.63) is 0 Å². The molecule has 0 bridgehead atoms. The van der Waals surface area contributed by atoms with Crippen LogP contribution in [0.15, 0.2) is 0 Å². The molecule has 0 saturated carbocycles. The lowest BCUT2D eigenvalue weighted by Gasteiger charge is -2.17. The van der Waals surface area contributed by atoms with Crippen molar-refractivity contribution in [1.82, 2.24) is 5.32 Å². The molecule has 0 aliphatic rings. The summed E-state index contributed by atoms with van der Waals surface area (Å²) in [4.78, 5) is 21.1. The molecule has 0 saturated heterocycles. The van der Waals surface area contributed by atoms with Gasteiger partial charge in [-0.2, -0.15) is 0 Å². The van der Waals surface area contributed by atoms with E-state index in [4.69, 9.17) is 16.6 Å². The van der Waals surface area contributed by atoms with Crippen LogP contribution in [0, 0.1) is 0 Å². The SMILES string of the molecule is CCSC(CCC(N)C(=O)O)NC(N)=O. The number of hydrogen-bond donors (Lipinski definition) is 4. The Kier molecular flexibility index (Phi) is 6.89. The van der Waals surface area contributed by atoms with Gasteiger partial charge in [-0.1, -0.05) is 6.92 Å². The van der Waals surface area contributed by atoms with E-state index < -0.39 is 18.0 Å². The Morgan fingerprint density at radius 2 is 2.07 bits per heavy atom. The van der Waals surface area contributed by atoms with Crippen LogP contribution in [-0.4, -0.2) is 34.3 Å². The first-order valence-electron chi connectivity index (χ1n) is 4.63. The number of carboxylic acid groups (broad SMARTS) is 1. The van der Waals surface area contributed by atoms with Crippen LogP contribution in [0.1, 0.15) is 19.8 Å². The lowest BCUT2D eigenvalue weighted by Crippen LogP contribution is -2.39. The van der Waals surface area contributed by atoms with Gasteiger partial charge in [-0.15, -0.1) is 11.8 Å². The predicted octanol–water partition coefficient (Wildman–Crippen LogP) is -0.0740. The maximum absolute atomic E-state index is 10.6. The molecule has 0 aliphatic heterocycles.